The van der Waals surface area contributed by atoms with Crippen molar-refractivity contribution in [2.24, 2.45) is 11.8 Å². The van der Waals surface area contributed by atoms with Gasteiger partial charge in [0.1, 0.15) is 6.33 Å². The number of sulfonamides is 1. The number of hydrogen-bond acceptors (Lipinski definition) is 5. The van der Waals surface area contributed by atoms with Crippen molar-refractivity contribution in [2.45, 2.75) is 25.2 Å². The van der Waals surface area contributed by atoms with E-state index < -0.39 is 15.9 Å². The predicted octanol–water partition coefficient (Wildman–Crippen LogP) is 1.72. The first-order valence-electron chi connectivity index (χ1n) is 8.13. The first kappa shape index (κ1) is 17.6. The average Bonchev–Trinajstić information content (AvgIpc) is 3.07. The number of nitrogens with zero attached hydrogens (tertiary/aromatic N) is 3. The van der Waals surface area contributed by atoms with Gasteiger partial charge in [-0.15, -0.1) is 0 Å². The van der Waals surface area contributed by atoms with Gasteiger partial charge in [0.25, 0.3) is 5.91 Å². The smallest absolute Gasteiger partial charge is 0.258 e. The van der Waals surface area contributed by atoms with Crippen LogP contribution in [-0.2, 0) is 10.0 Å². The van der Waals surface area contributed by atoms with Gasteiger partial charge in [0.2, 0.25) is 16.0 Å². The van der Waals surface area contributed by atoms with Gasteiger partial charge in [0.15, 0.2) is 0 Å². The third kappa shape index (κ3) is 3.88. The number of amides is 1. The molecule has 1 aromatic heterocycles. The highest BCUT2D eigenvalue weighted by atomic mass is 32.2. The summed E-state index contributed by atoms with van der Waals surface area (Å²) in [4.78, 5) is 16.2. The Hall–Kier alpha value is -2.26. The first-order valence-corrected chi connectivity index (χ1v) is 9.57. The minimum absolute atomic E-state index is 0.124. The van der Waals surface area contributed by atoms with E-state index in [1.165, 1.54) is 22.8 Å². The Bertz CT molecular complexity index is 840. The summed E-state index contributed by atoms with van der Waals surface area (Å²) in [6.07, 6.45) is 2.29. The van der Waals surface area contributed by atoms with Crippen molar-refractivity contribution in [2.75, 3.05) is 18.4 Å². The SMILES string of the molecule is CC1CC(C)CN(S(=O)(=O)c2cccc(C(=O)Nc3ncn[nH]3)c2)C1. The molecule has 8 nitrogen and oxygen atoms in total. The summed E-state index contributed by atoms with van der Waals surface area (Å²) in [6.45, 7) is 5.11. The number of carbonyl (C=O) groups excluding carboxylic acids is 1. The summed E-state index contributed by atoms with van der Waals surface area (Å²) < 4.78 is 27.4. The van der Waals surface area contributed by atoms with Crippen LogP contribution in [0.4, 0.5) is 5.95 Å². The number of aromatic nitrogens is 3. The number of piperidine rings is 1. The van der Waals surface area contributed by atoms with Gasteiger partial charge >= 0.3 is 0 Å². The van der Waals surface area contributed by atoms with Crippen LogP contribution in [0.25, 0.3) is 0 Å². The summed E-state index contributed by atoms with van der Waals surface area (Å²) in [5.41, 5.74) is 0.246. The van der Waals surface area contributed by atoms with Gasteiger partial charge in [-0.2, -0.15) is 14.4 Å². The molecule has 2 atom stereocenters. The average molecular weight is 363 g/mol. The summed E-state index contributed by atoms with van der Waals surface area (Å²) in [7, 11) is -3.63. The Kier molecular flexibility index (Phi) is 4.87. The van der Waals surface area contributed by atoms with Crippen molar-refractivity contribution >= 4 is 21.9 Å². The number of rotatable bonds is 4. The largest absolute Gasteiger partial charge is 0.291 e. The van der Waals surface area contributed by atoms with E-state index >= 15 is 0 Å². The molecular formula is C16H21N5O3S. The van der Waals surface area contributed by atoms with Gasteiger partial charge in [0.05, 0.1) is 4.90 Å². The van der Waals surface area contributed by atoms with Gasteiger partial charge < -0.3 is 0 Å². The van der Waals surface area contributed by atoms with E-state index in [0.29, 0.717) is 24.9 Å². The van der Waals surface area contributed by atoms with Crippen molar-refractivity contribution in [3.8, 4) is 0 Å². The van der Waals surface area contributed by atoms with Crippen LogP contribution in [0.1, 0.15) is 30.6 Å². The van der Waals surface area contributed by atoms with E-state index in [4.69, 9.17) is 0 Å². The molecule has 1 saturated heterocycles. The molecule has 2 heterocycles. The summed E-state index contributed by atoms with van der Waals surface area (Å²) >= 11 is 0. The number of anilines is 1. The Morgan fingerprint density at radius 2 is 2.00 bits per heavy atom. The van der Waals surface area contributed by atoms with Crippen LogP contribution in [0.5, 0.6) is 0 Å². The molecule has 1 amide bonds. The van der Waals surface area contributed by atoms with Crippen LogP contribution < -0.4 is 5.32 Å². The Morgan fingerprint density at radius 3 is 2.64 bits per heavy atom. The molecule has 2 N–H and O–H groups in total. The number of nitrogens with one attached hydrogen (secondary N) is 2. The molecule has 134 valence electrons. The van der Waals surface area contributed by atoms with Crippen LogP contribution >= 0.6 is 0 Å². The van der Waals surface area contributed by atoms with Crippen molar-refractivity contribution in [1.29, 1.82) is 0 Å². The van der Waals surface area contributed by atoms with Gasteiger partial charge in [-0.1, -0.05) is 19.9 Å². The molecule has 0 spiro atoms. The van der Waals surface area contributed by atoms with Crippen molar-refractivity contribution in [1.82, 2.24) is 19.5 Å². The first-order chi connectivity index (χ1) is 11.9. The van der Waals surface area contributed by atoms with Crippen molar-refractivity contribution in [3.63, 3.8) is 0 Å². The number of carbonyl (C=O) groups is 1. The fraction of sp³-hybridized carbons (Fsp3) is 0.438. The van der Waals surface area contributed by atoms with Gasteiger partial charge in [-0.05, 0) is 36.5 Å². The quantitative estimate of drug-likeness (QED) is 0.860. The second-order valence-electron chi connectivity index (χ2n) is 6.58. The Labute approximate surface area is 146 Å². The normalized spacial score (nSPS) is 21.8. The molecule has 0 saturated carbocycles. The van der Waals surface area contributed by atoms with E-state index in [-0.39, 0.29) is 16.4 Å². The number of aromatic amines is 1. The van der Waals surface area contributed by atoms with Crippen LogP contribution in [0.3, 0.4) is 0 Å². The fourth-order valence-corrected chi connectivity index (χ4v) is 4.92. The van der Waals surface area contributed by atoms with E-state index in [0.717, 1.165) is 6.42 Å². The lowest BCUT2D eigenvalue weighted by molar-refractivity contribution is 0.102. The van der Waals surface area contributed by atoms with Crippen LogP contribution in [0.15, 0.2) is 35.5 Å². The maximum Gasteiger partial charge on any atom is 0.258 e. The molecule has 2 aromatic rings. The third-order valence-electron chi connectivity index (χ3n) is 4.22. The molecule has 9 heteroatoms. The molecular weight excluding hydrogens is 342 g/mol. The molecule has 1 aliphatic heterocycles. The minimum atomic E-state index is -3.63. The lowest BCUT2D eigenvalue weighted by Crippen LogP contribution is -2.42. The fourth-order valence-electron chi connectivity index (χ4n) is 3.19. The topological polar surface area (TPSA) is 108 Å². The molecule has 0 aliphatic carbocycles. The maximum atomic E-state index is 12.9. The molecule has 1 fully saturated rings. The highest BCUT2D eigenvalue weighted by Gasteiger charge is 2.31. The van der Waals surface area contributed by atoms with E-state index in [1.807, 2.05) is 0 Å². The lowest BCUT2D eigenvalue weighted by atomic mass is 9.94. The molecule has 25 heavy (non-hydrogen) atoms. The van der Waals surface area contributed by atoms with Crippen molar-refractivity contribution in [3.05, 3.63) is 36.2 Å². The zero-order valence-electron chi connectivity index (χ0n) is 14.1. The highest BCUT2D eigenvalue weighted by molar-refractivity contribution is 7.89. The third-order valence-corrected chi connectivity index (χ3v) is 6.04. The zero-order valence-corrected chi connectivity index (χ0v) is 15.0. The Balaban J connectivity index is 1.83. The minimum Gasteiger partial charge on any atom is -0.291 e. The molecule has 0 bridgehead atoms. The maximum absolute atomic E-state index is 12.9. The molecule has 1 aliphatic rings. The number of benzene rings is 1. The second kappa shape index (κ2) is 6.93. The molecule has 2 unspecified atom stereocenters. The lowest BCUT2D eigenvalue weighted by Gasteiger charge is -2.34. The van der Waals surface area contributed by atoms with Crippen LogP contribution in [0, 0.1) is 11.8 Å². The van der Waals surface area contributed by atoms with Crippen molar-refractivity contribution < 1.29 is 13.2 Å². The van der Waals surface area contributed by atoms with E-state index in [2.05, 4.69) is 34.3 Å². The highest BCUT2D eigenvalue weighted by Crippen LogP contribution is 2.27. The summed E-state index contributed by atoms with van der Waals surface area (Å²) in [6, 6.07) is 6.04. The van der Waals surface area contributed by atoms with E-state index in [1.54, 1.807) is 12.1 Å². The molecule has 1 aromatic carbocycles. The van der Waals surface area contributed by atoms with Gasteiger partial charge in [-0.3, -0.25) is 10.1 Å². The second-order valence-corrected chi connectivity index (χ2v) is 8.52. The predicted molar refractivity (Wildman–Crippen MR) is 92.5 cm³/mol. The molecule has 0 radical (unpaired) electrons. The number of hydrogen-bond donors (Lipinski definition) is 2. The monoisotopic (exact) mass is 363 g/mol. The van der Waals surface area contributed by atoms with E-state index in [9.17, 15) is 13.2 Å². The van der Waals surface area contributed by atoms with Crippen LogP contribution in [0.2, 0.25) is 0 Å². The number of H-pyrrole nitrogens is 1. The summed E-state index contributed by atoms with van der Waals surface area (Å²) in [5.74, 6) is 0.388. The zero-order chi connectivity index (χ0) is 18.0. The molecule has 3 rings (SSSR count). The standard InChI is InChI=1S/C16H21N5O3S/c1-11-6-12(2)9-21(8-11)25(23,24)14-5-3-4-13(7-14)15(22)19-16-17-10-18-20-16/h3-5,7,10-12H,6,8-9H2,1-2H3,(H2,17,18,19,20,22). The van der Waals surface area contributed by atoms with Gasteiger partial charge in [-0.25, -0.2) is 13.5 Å². The van der Waals surface area contributed by atoms with Crippen LogP contribution in [-0.4, -0.2) is 46.9 Å². The summed E-state index contributed by atoms with van der Waals surface area (Å²) in [5, 5.41) is 8.71. The Morgan fingerprint density at radius 1 is 1.28 bits per heavy atom. The van der Waals surface area contributed by atoms with Gasteiger partial charge in [0, 0.05) is 18.7 Å².